The van der Waals surface area contributed by atoms with Crippen LogP contribution in [-0.2, 0) is 5.41 Å². The molecule has 0 aliphatic carbocycles. The summed E-state index contributed by atoms with van der Waals surface area (Å²) in [5.74, 6) is 0.145. The van der Waals surface area contributed by atoms with Gasteiger partial charge < -0.3 is 10.2 Å². The Morgan fingerprint density at radius 2 is 1.80 bits per heavy atom. The van der Waals surface area contributed by atoms with Crippen LogP contribution in [0, 0.1) is 0 Å². The zero-order chi connectivity index (χ0) is 14.9. The smallest absolute Gasteiger partial charge is 0.254 e. The number of hydrogen-bond acceptors (Lipinski definition) is 2. The fourth-order valence-electron chi connectivity index (χ4n) is 2.62. The van der Waals surface area contributed by atoms with E-state index in [9.17, 15) is 4.79 Å². The molecule has 1 heterocycles. The van der Waals surface area contributed by atoms with Gasteiger partial charge in [-0.05, 0) is 37.0 Å². The third-order valence-corrected chi connectivity index (χ3v) is 4.29. The van der Waals surface area contributed by atoms with Gasteiger partial charge in [0.15, 0.2) is 0 Å². The summed E-state index contributed by atoms with van der Waals surface area (Å²) in [4.78, 5) is 14.6. The van der Waals surface area contributed by atoms with Crippen LogP contribution in [0.5, 0.6) is 0 Å². The zero-order valence-corrected chi connectivity index (χ0v) is 13.2. The van der Waals surface area contributed by atoms with E-state index < -0.39 is 0 Å². The Hall–Kier alpha value is -1.35. The van der Waals surface area contributed by atoms with Crippen LogP contribution < -0.4 is 5.32 Å². The molecule has 0 spiro atoms. The Bertz CT molecular complexity index is 473. The molecule has 0 bridgehead atoms. The fraction of sp³-hybridized carbons (Fsp3) is 0.588. The van der Waals surface area contributed by atoms with Gasteiger partial charge in [0.25, 0.3) is 5.91 Å². The Kier molecular flexibility index (Phi) is 4.19. The van der Waals surface area contributed by atoms with Gasteiger partial charge in [0.2, 0.25) is 0 Å². The van der Waals surface area contributed by atoms with Crippen molar-refractivity contribution in [2.75, 3.05) is 13.1 Å². The molecule has 2 rings (SSSR count). The quantitative estimate of drug-likeness (QED) is 0.854. The molecule has 0 aromatic heterocycles. The first-order valence-corrected chi connectivity index (χ1v) is 7.45. The molecule has 0 radical (unpaired) electrons. The molecule has 110 valence electrons. The van der Waals surface area contributed by atoms with Crippen LogP contribution in [0.25, 0.3) is 0 Å². The SMILES string of the molecule is CC1NCCN(C(=O)c2ccc(C(C)(C)C)cc2)C1C. The number of nitrogens with zero attached hydrogens (tertiary/aromatic N) is 1. The van der Waals surface area contributed by atoms with E-state index in [4.69, 9.17) is 0 Å². The molecule has 1 N–H and O–H groups in total. The van der Waals surface area contributed by atoms with Crippen molar-refractivity contribution in [3.63, 3.8) is 0 Å². The topological polar surface area (TPSA) is 32.3 Å². The summed E-state index contributed by atoms with van der Waals surface area (Å²) in [6, 6.07) is 8.65. The molecule has 1 amide bonds. The molecule has 1 saturated heterocycles. The molecular weight excluding hydrogens is 248 g/mol. The molecule has 3 nitrogen and oxygen atoms in total. The molecule has 2 unspecified atom stereocenters. The highest BCUT2D eigenvalue weighted by molar-refractivity contribution is 5.94. The van der Waals surface area contributed by atoms with Crippen LogP contribution in [0.1, 0.15) is 50.5 Å². The van der Waals surface area contributed by atoms with Crippen LogP contribution in [0.2, 0.25) is 0 Å². The first kappa shape index (κ1) is 15.0. The summed E-state index contributed by atoms with van der Waals surface area (Å²) in [5.41, 5.74) is 2.17. The first-order valence-electron chi connectivity index (χ1n) is 7.45. The maximum atomic E-state index is 12.6. The van der Waals surface area contributed by atoms with Crippen LogP contribution in [0.15, 0.2) is 24.3 Å². The lowest BCUT2D eigenvalue weighted by Gasteiger charge is -2.38. The average molecular weight is 274 g/mol. The minimum Gasteiger partial charge on any atom is -0.333 e. The molecule has 1 aliphatic heterocycles. The van der Waals surface area contributed by atoms with Gasteiger partial charge >= 0.3 is 0 Å². The second-order valence-electron chi connectivity index (χ2n) is 6.81. The van der Waals surface area contributed by atoms with Gasteiger partial charge in [-0.25, -0.2) is 0 Å². The summed E-state index contributed by atoms with van der Waals surface area (Å²) in [6.45, 7) is 12.4. The Morgan fingerprint density at radius 1 is 1.20 bits per heavy atom. The summed E-state index contributed by atoms with van der Waals surface area (Å²) in [7, 11) is 0. The summed E-state index contributed by atoms with van der Waals surface area (Å²) in [6.07, 6.45) is 0. The minimum absolute atomic E-state index is 0.123. The van der Waals surface area contributed by atoms with E-state index in [2.05, 4.69) is 52.1 Å². The standard InChI is InChI=1S/C17H26N2O/c1-12-13(2)19(11-10-18-12)16(20)14-6-8-15(9-7-14)17(3,4)5/h6-9,12-13,18H,10-11H2,1-5H3. The van der Waals surface area contributed by atoms with Crippen molar-refractivity contribution >= 4 is 5.91 Å². The van der Waals surface area contributed by atoms with Gasteiger partial charge in [-0.2, -0.15) is 0 Å². The monoisotopic (exact) mass is 274 g/mol. The van der Waals surface area contributed by atoms with E-state index in [0.717, 1.165) is 18.7 Å². The first-order chi connectivity index (χ1) is 9.30. The van der Waals surface area contributed by atoms with Gasteiger partial charge in [0, 0.05) is 30.7 Å². The number of benzene rings is 1. The number of piperazine rings is 1. The molecule has 2 atom stereocenters. The van der Waals surface area contributed by atoms with E-state index in [1.807, 2.05) is 17.0 Å². The number of nitrogens with one attached hydrogen (secondary N) is 1. The Balaban J connectivity index is 2.17. The maximum absolute atomic E-state index is 12.6. The minimum atomic E-state index is 0.123. The fourth-order valence-corrected chi connectivity index (χ4v) is 2.62. The second-order valence-corrected chi connectivity index (χ2v) is 6.81. The van der Waals surface area contributed by atoms with Gasteiger partial charge in [-0.1, -0.05) is 32.9 Å². The molecule has 1 fully saturated rings. The average Bonchev–Trinajstić information content (AvgIpc) is 2.40. The van der Waals surface area contributed by atoms with Crippen molar-refractivity contribution in [2.45, 2.75) is 52.1 Å². The number of amides is 1. The van der Waals surface area contributed by atoms with Gasteiger partial charge in [-0.15, -0.1) is 0 Å². The van der Waals surface area contributed by atoms with E-state index in [1.54, 1.807) is 0 Å². The van der Waals surface area contributed by atoms with Crippen molar-refractivity contribution in [3.05, 3.63) is 35.4 Å². The van der Waals surface area contributed by atoms with Crippen molar-refractivity contribution in [3.8, 4) is 0 Å². The molecule has 1 aliphatic rings. The number of hydrogen-bond donors (Lipinski definition) is 1. The highest BCUT2D eigenvalue weighted by atomic mass is 16.2. The predicted molar refractivity (Wildman–Crippen MR) is 83.1 cm³/mol. The van der Waals surface area contributed by atoms with Crippen LogP contribution in [-0.4, -0.2) is 36.0 Å². The largest absolute Gasteiger partial charge is 0.333 e. The van der Waals surface area contributed by atoms with Gasteiger partial charge in [0.05, 0.1) is 0 Å². The number of carbonyl (C=O) groups excluding carboxylic acids is 1. The molecule has 20 heavy (non-hydrogen) atoms. The number of rotatable bonds is 1. The van der Waals surface area contributed by atoms with E-state index in [0.29, 0.717) is 6.04 Å². The van der Waals surface area contributed by atoms with E-state index >= 15 is 0 Å². The highest BCUT2D eigenvalue weighted by Gasteiger charge is 2.28. The molecule has 1 aromatic rings. The van der Waals surface area contributed by atoms with Crippen LogP contribution in [0.4, 0.5) is 0 Å². The summed E-state index contributed by atoms with van der Waals surface area (Å²) < 4.78 is 0. The highest BCUT2D eigenvalue weighted by Crippen LogP contribution is 2.23. The molecule has 1 aromatic carbocycles. The third-order valence-electron chi connectivity index (χ3n) is 4.29. The maximum Gasteiger partial charge on any atom is 0.254 e. The lowest BCUT2D eigenvalue weighted by molar-refractivity contribution is 0.0603. The van der Waals surface area contributed by atoms with Crippen molar-refractivity contribution < 1.29 is 4.79 Å². The molecular formula is C17H26N2O. The van der Waals surface area contributed by atoms with Crippen LogP contribution >= 0.6 is 0 Å². The lowest BCUT2D eigenvalue weighted by Crippen LogP contribution is -2.57. The van der Waals surface area contributed by atoms with Gasteiger partial charge in [0.1, 0.15) is 0 Å². The normalized spacial score (nSPS) is 23.8. The van der Waals surface area contributed by atoms with Crippen molar-refractivity contribution in [1.82, 2.24) is 10.2 Å². The second kappa shape index (κ2) is 5.57. The third kappa shape index (κ3) is 3.04. The summed E-state index contributed by atoms with van der Waals surface area (Å²) in [5, 5.41) is 3.40. The van der Waals surface area contributed by atoms with Crippen LogP contribution in [0.3, 0.4) is 0 Å². The van der Waals surface area contributed by atoms with E-state index in [-0.39, 0.29) is 17.4 Å². The Morgan fingerprint density at radius 3 is 2.35 bits per heavy atom. The zero-order valence-electron chi connectivity index (χ0n) is 13.2. The van der Waals surface area contributed by atoms with Gasteiger partial charge in [-0.3, -0.25) is 4.79 Å². The lowest BCUT2D eigenvalue weighted by atomic mass is 9.86. The summed E-state index contributed by atoms with van der Waals surface area (Å²) >= 11 is 0. The molecule has 0 saturated carbocycles. The predicted octanol–water partition coefficient (Wildman–Crippen LogP) is 2.81. The van der Waals surface area contributed by atoms with Crippen molar-refractivity contribution in [2.24, 2.45) is 0 Å². The van der Waals surface area contributed by atoms with Crippen molar-refractivity contribution in [1.29, 1.82) is 0 Å². The molecule has 3 heteroatoms. The van der Waals surface area contributed by atoms with E-state index in [1.165, 1.54) is 5.56 Å². The number of carbonyl (C=O) groups is 1. The Labute approximate surface area is 122 Å².